The molecule has 1 fully saturated rings. The number of nitrogens with zero attached hydrogens (tertiary/aromatic N) is 2. The van der Waals surface area contributed by atoms with Crippen molar-refractivity contribution in [2.45, 2.75) is 42.9 Å². The number of carbonyl (C=O) groups excluding carboxylic acids is 1. The second-order valence-electron chi connectivity index (χ2n) is 8.18. The lowest BCUT2D eigenvalue weighted by atomic mass is 9.89. The van der Waals surface area contributed by atoms with Crippen LogP contribution in [-0.2, 0) is 4.79 Å². The van der Waals surface area contributed by atoms with Crippen LogP contribution in [0.1, 0.15) is 33.1 Å². The highest BCUT2D eigenvalue weighted by atomic mass is 32.2. The molecular formula is C28H28N2OS2. The van der Waals surface area contributed by atoms with Crippen LogP contribution in [0.5, 0.6) is 0 Å². The van der Waals surface area contributed by atoms with E-state index in [2.05, 4.69) is 84.3 Å². The van der Waals surface area contributed by atoms with Crippen LogP contribution in [0.15, 0.2) is 104 Å². The van der Waals surface area contributed by atoms with Gasteiger partial charge in [-0.15, -0.1) is 0 Å². The Hall–Kier alpha value is -2.63. The lowest BCUT2D eigenvalue weighted by Gasteiger charge is -2.24. The summed E-state index contributed by atoms with van der Waals surface area (Å²) in [7, 11) is 0. The third-order valence-corrected chi connectivity index (χ3v) is 8.58. The summed E-state index contributed by atoms with van der Waals surface area (Å²) in [4.78, 5) is 20.6. The van der Waals surface area contributed by atoms with Crippen molar-refractivity contribution in [1.82, 2.24) is 0 Å². The van der Waals surface area contributed by atoms with E-state index in [1.54, 1.807) is 23.5 Å². The van der Waals surface area contributed by atoms with Crippen LogP contribution in [0.4, 0.5) is 11.4 Å². The molecule has 0 spiro atoms. The van der Waals surface area contributed by atoms with Crippen molar-refractivity contribution in [3.05, 3.63) is 94.0 Å². The molecule has 0 bridgehead atoms. The normalized spacial score (nSPS) is 22.7. The van der Waals surface area contributed by atoms with Crippen LogP contribution in [-0.4, -0.2) is 18.9 Å². The van der Waals surface area contributed by atoms with Gasteiger partial charge in [-0.3, -0.25) is 4.79 Å². The number of Topliss-reactive ketones (excluding diaryl/α,β-unsaturated/α-hetero) is 1. The standard InChI is InChI=1S/C28H28N2OS2/c1-3-29-22-15-6-8-17-24(22)32-26(29)19-10-5-12-20-13-11-14-21(27(20)31)28-30(4-2)23-16-7-9-18-25(23)33-28/h5-10,12,15-19H,3-4,11,13-14H2,1-2H3/b10-5+,20-12+,26-19-,28-21-. The Balaban J connectivity index is 1.35. The molecule has 2 aliphatic heterocycles. The van der Waals surface area contributed by atoms with Crippen LogP contribution < -0.4 is 9.80 Å². The zero-order valence-corrected chi connectivity index (χ0v) is 20.7. The first kappa shape index (κ1) is 22.2. The van der Waals surface area contributed by atoms with Gasteiger partial charge >= 0.3 is 0 Å². The second-order valence-corrected chi connectivity index (χ2v) is 10.3. The van der Waals surface area contributed by atoms with Gasteiger partial charge in [-0.1, -0.05) is 66.0 Å². The summed E-state index contributed by atoms with van der Waals surface area (Å²) in [5.74, 6) is 0.213. The predicted molar refractivity (Wildman–Crippen MR) is 142 cm³/mol. The number of hydrogen-bond donors (Lipinski definition) is 0. The van der Waals surface area contributed by atoms with E-state index in [-0.39, 0.29) is 5.78 Å². The molecular weight excluding hydrogens is 444 g/mol. The highest BCUT2D eigenvalue weighted by molar-refractivity contribution is 8.04. The van der Waals surface area contributed by atoms with Gasteiger partial charge in [-0.05, 0) is 69.0 Å². The summed E-state index contributed by atoms with van der Waals surface area (Å²) in [6.45, 7) is 6.14. The minimum Gasteiger partial charge on any atom is -0.335 e. The topological polar surface area (TPSA) is 23.6 Å². The van der Waals surface area contributed by atoms with Crippen LogP contribution in [0.2, 0.25) is 0 Å². The van der Waals surface area contributed by atoms with Gasteiger partial charge in [0.05, 0.1) is 21.4 Å². The van der Waals surface area contributed by atoms with E-state index >= 15 is 0 Å². The number of benzene rings is 2. The third-order valence-electron chi connectivity index (χ3n) is 6.22. The molecule has 0 atom stereocenters. The van der Waals surface area contributed by atoms with E-state index < -0.39 is 0 Å². The molecule has 5 rings (SSSR count). The van der Waals surface area contributed by atoms with Gasteiger partial charge in [0.2, 0.25) is 0 Å². The molecule has 5 heteroatoms. The Morgan fingerprint density at radius 2 is 1.45 bits per heavy atom. The second kappa shape index (κ2) is 9.70. The molecule has 0 aromatic heterocycles. The van der Waals surface area contributed by atoms with E-state index in [1.807, 2.05) is 12.2 Å². The first-order valence-corrected chi connectivity index (χ1v) is 13.3. The van der Waals surface area contributed by atoms with E-state index in [4.69, 9.17) is 0 Å². The molecule has 2 aromatic carbocycles. The molecule has 3 aliphatic rings. The van der Waals surface area contributed by atoms with Gasteiger partial charge in [-0.2, -0.15) is 0 Å². The highest BCUT2D eigenvalue weighted by Gasteiger charge is 2.31. The molecule has 0 N–H and O–H groups in total. The lowest BCUT2D eigenvalue weighted by molar-refractivity contribution is -0.113. The summed E-state index contributed by atoms with van der Waals surface area (Å²) in [5.41, 5.74) is 4.39. The highest BCUT2D eigenvalue weighted by Crippen LogP contribution is 2.49. The number of rotatable bonds is 4. The van der Waals surface area contributed by atoms with Crippen molar-refractivity contribution in [3.8, 4) is 0 Å². The molecule has 168 valence electrons. The van der Waals surface area contributed by atoms with Crippen LogP contribution in [0.3, 0.4) is 0 Å². The number of para-hydroxylation sites is 2. The lowest BCUT2D eigenvalue weighted by Crippen LogP contribution is -2.23. The van der Waals surface area contributed by atoms with Gasteiger partial charge in [0.1, 0.15) is 0 Å². The van der Waals surface area contributed by atoms with Crippen molar-refractivity contribution in [2.75, 3.05) is 22.9 Å². The number of fused-ring (bicyclic) bond motifs is 2. The molecule has 0 unspecified atom stereocenters. The van der Waals surface area contributed by atoms with E-state index in [0.29, 0.717) is 0 Å². The van der Waals surface area contributed by atoms with Crippen molar-refractivity contribution >= 4 is 40.7 Å². The first-order chi connectivity index (χ1) is 16.2. The van der Waals surface area contributed by atoms with E-state index in [1.165, 1.54) is 26.2 Å². The fraction of sp³-hybridized carbons (Fsp3) is 0.250. The molecule has 0 amide bonds. The SMILES string of the molecule is CCN1/C(=C/C=C/C=C2\CCC/C(=C3/Sc4ccccc4N3CC)C2=O)Sc2ccccc21. The molecule has 3 nitrogen and oxygen atoms in total. The molecule has 0 saturated heterocycles. The van der Waals surface area contributed by atoms with Gasteiger partial charge < -0.3 is 9.80 Å². The monoisotopic (exact) mass is 472 g/mol. The maximum atomic E-state index is 13.4. The summed E-state index contributed by atoms with van der Waals surface area (Å²) in [6.07, 6.45) is 11.0. The minimum atomic E-state index is 0.213. The molecule has 33 heavy (non-hydrogen) atoms. The summed E-state index contributed by atoms with van der Waals surface area (Å²) < 4.78 is 0. The van der Waals surface area contributed by atoms with Crippen molar-refractivity contribution in [2.24, 2.45) is 0 Å². The average molecular weight is 473 g/mol. The number of thioether (sulfide) groups is 2. The number of hydrogen-bond acceptors (Lipinski definition) is 5. The maximum Gasteiger partial charge on any atom is 0.187 e. The number of ketones is 1. The number of anilines is 2. The smallest absolute Gasteiger partial charge is 0.187 e. The van der Waals surface area contributed by atoms with E-state index in [0.717, 1.165) is 48.5 Å². The Morgan fingerprint density at radius 3 is 2.18 bits per heavy atom. The zero-order chi connectivity index (χ0) is 22.8. The third kappa shape index (κ3) is 4.20. The van der Waals surface area contributed by atoms with Crippen molar-refractivity contribution < 1.29 is 4.79 Å². The van der Waals surface area contributed by atoms with E-state index in [9.17, 15) is 4.79 Å². The van der Waals surface area contributed by atoms with Crippen molar-refractivity contribution in [3.63, 3.8) is 0 Å². The number of allylic oxidation sites excluding steroid dienone is 6. The zero-order valence-electron chi connectivity index (χ0n) is 19.1. The van der Waals surface area contributed by atoms with Crippen LogP contribution in [0, 0.1) is 0 Å². The quantitative estimate of drug-likeness (QED) is 0.428. The molecule has 1 saturated carbocycles. The van der Waals surface area contributed by atoms with Crippen molar-refractivity contribution in [1.29, 1.82) is 0 Å². The Bertz CT molecular complexity index is 1210. The summed E-state index contributed by atoms with van der Waals surface area (Å²) >= 11 is 3.55. The Kier molecular flexibility index (Phi) is 6.52. The molecule has 2 aromatic rings. The minimum absolute atomic E-state index is 0.213. The largest absolute Gasteiger partial charge is 0.335 e. The summed E-state index contributed by atoms with van der Waals surface area (Å²) in [6, 6.07) is 17.0. The molecule has 2 heterocycles. The fourth-order valence-corrected chi connectivity index (χ4v) is 7.06. The fourth-order valence-electron chi connectivity index (χ4n) is 4.63. The van der Waals surface area contributed by atoms with Gasteiger partial charge in [0.25, 0.3) is 0 Å². The van der Waals surface area contributed by atoms with Crippen LogP contribution >= 0.6 is 23.5 Å². The Morgan fingerprint density at radius 1 is 0.818 bits per heavy atom. The average Bonchev–Trinajstić information content (AvgIpc) is 3.40. The van der Waals surface area contributed by atoms with Gasteiger partial charge in [0, 0.05) is 28.5 Å². The van der Waals surface area contributed by atoms with Gasteiger partial charge in [-0.25, -0.2) is 0 Å². The van der Waals surface area contributed by atoms with Crippen LogP contribution in [0.25, 0.3) is 0 Å². The molecule has 1 aliphatic carbocycles. The van der Waals surface area contributed by atoms with Gasteiger partial charge in [0.15, 0.2) is 5.78 Å². The number of carbonyl (C=O) groups is 1. The molecule has 0 radical (unpaired) electrons. The summed E-state index contributed by atoms with van der Waals surface area (Å²) in [5, 5.41) is 2.35. The maximum absolute atomic E-state index is 13.4. The predicted octanol–water partition coefficient (Wildman–Crippen LogP) is 7.54. The Labute approximate surface area is 204 Å². The first-order valence-electron chi connectivity index (χ1n) is 11.7.